The number of hydrogen-bond acceptors (Lipinski definition) is 4. The Bertz CT molecular complexity index is 496. The molecule has 0 unspecified atom stereocenters. The van der Waals surface area contributed by atoms with E-state index in [1.807, 2.05) is 0 Å². The lowest BCUT2D eigenvalue weighted by atomic mass is 10.5. The van der Waals surface area contributed by atoms with E-state index in [1.54, 1.807) is 6.92 Å². The van der Waals surface area contributed by atoms with Crippen LogP contribution in [0.25, 0.3) is 5.65 Å². The maximum absolute atomic E-state index is 13.2. The third kappa shape index (κ3) is 1.54. The molecule has 0 amide bonds. The van der Waals surface area contributed by atoms with Gasteiger partial charge in [-0.25, -0.2) is 0 Å². The molecular formula is C8H8F2N4O. The maximum Gasteiger partial charge on any atom is 0.417 e. The van der Waals surface area contributed by atoms with E-state index in [9.17, 15) is 8.78 Å². The Morgan fingerprint density at radius 2 is 2.13 bits per heavy atom. The van der Waals surface area contributed by atoms with Gasteiger partial charge in [0.1, 0.15) is 0 Å². The van der Waals surface area contributed by atoms with Gasteiger partial charge in [-0.1, -0.05) is 0 Å². The van der Waals surface area contributed by atoms with Crippen molar-refractivity contribution < 1.29 is 13.5 Å². The van der Waals surface area contributed by atoms with Crippen LogP contribution in [0.1, 0.15) is 11.5 Å². The topological polar surface area (TPSA) is 52.3 Å². The van der Waals surface area contributed by atoms with Crippen molar-refractivity contribution >= 4 is 5.65 Å². The number of methoxy groups -OCH3 is 1. The van der Waals surface area contributed by atoms with Crippen molar-refractivity contribution in [2.75, 3.05) is 7.11 Å². The standard InChI is InChI=1S/C8H8F2N4O/c1-5-4-14-6(3-11-5)12-13-7(14)8(9,10)15-2/h3-4H,1-2H3. The van der Waals surface area contributed by atoms with E-state index >= 15 is 0 Å². The van der Waals surface area contributed by atoms with Gasteiger partial charge in [-0.3, -0.25) is 9.38 Å². The second-order valence-electron chi connectivity index (χ2n) is 3.00. The second-order valence-corrected chi connectivity index (χ2v) is 3.00. The summed E-state index contributed by atoms with van der Waals surface area (Å²) in [6.07, 6.45) is -0.650. The Morgan fingerprint density at radius 3 is 2.80 bits per heavy atom. The Hall–Kier alpha value is -1.63. The average molecular weight is 214 g/mol. The molecule has 0 radical (unpaired) electrons. The highest BCUT2D eigenvalue weighted by Crippen LogP contribution is 2.26. The van der Waals surface area contributed by atoms with Gasteiger partial charge in [0.05, 0.1) is 11.9 Å². The summed E-state index contributed by atoms with van der Waals surface area (Å²) in [6, 6.07) is 0. The molecule has 0 saturated carbocycles. The van der Waals surface area contributed by atoms with E-state index in [0.717, 1.165) is 11.5 Å². The van der Waals surface area contributed by atoms with Crippen molar-refractivity contribution in [3.05, 3.63) is 23.9 Å². The zero-order valence-corrected chi connectivity index (χ0v) is 8.11. The molecule has 7 heteroatoms. The molecule has 2 rings (SSSR count). The van der Waals surface area contributed by atoms with Crippen LogP contribution in [-0.2, 0) is 10.8 Å². The molecular weight excluding hydrogens is 206 g/mol. The van der Waals surface area contributed by atoms with Gasteiger partial charge in [-0.05, 0) is 6.92 Å². The molecule has 0 aliphatic rings. The zero-order chi connectivity index (χ0) is 11.1. The predicted octanol–water partition coefficient (Wildman–Crippen LogP) is 1.13. The van der Waals surface area contributed by atoms with Crippen LogP contribution in [0.15, 0.2) is 12.4 Å². The van der Waals surface area contributed by atoms with Crippen LogP contribution in [0.4, 0.5) is 8.78 Å². The molecule has 5 nitrogen and oxygen atoms in total. The van der Waals surface area contributed by atoms with Gasteiger partial charge in [0, 0.05) is 13.3 Å². The minimum Gasteiger partial charge on any atom is -0.317 e. The van der Waals surface area contributed by atoms with Crippen molar-refractivity contribution in [3.8, 4) is 0 Å². The largest absolute Gasteiger partial charge is 0.417 e. The highest BCUT2D eigenvalue weighted by atomic mass is 19.3. The summed E-state index contributed by atoms with van der Waals surface area (Å²) in [5, 5.41) is 6.94. The van der Waals surface area contributed by atoms with Crippen LogP contribution < -0.4 is 0 Å². The molecule has 15 heavy (non-hydrogen) atoms. The first-order valence-electron chi connectivity index (χ1n) is 4.15. The van der Waals surface area contributed by atoms with Crippen molar-refractivity contribution in [2.24, 2.45) is 0 Å². The maximum atomic E-state index is 13.2. The summed E-state index contributed by atoms with van der Waals surface area (Å²) < 4.78 is 31.6. The lowest BCUT2D eigenvalue weighted by Gasteiger charge is -2.11. The molecule has 2 heterocycles. The fourth-order valence-corrected chi connectivity index (χ4v) is 1.19. The monoisotopic (exact) mass is 214 g/mol. The number of alkyl halides is 2. The van der Waals surface area contributed by atoms with Gasteiger partial charge in [-0.15, -0.1) is 10.2 Å². The zero-order valence-electron chi connectivity index (χ0n) is 8.11. The molecule has 0 N–H and O–H groups in total. The number of aryl methyl sites for hydroxylation is 1. The molecule has 0 saturated heterocycles. The molecule has 0 bridgehead atoms. The number of ether oxygens (including phenoxy) is 1. The van der Waals surface area contributed by atoms with Gasteiger partial charge >= 0.3 is 6.11 Å². The van der Waals surface area contributed by atoms with Gasteiger partial charge in [0.2, 0.25) is 5.82 Å². The van der Waals surface area contributed by atoms with E-state index < -0.39 is 11.9 Å². The fraction of sp³-hybridized carbons (Fsp3) is 0.375. The Balaban J connectivity index is 2.67. The van der Waals surface area contributed by atoms with Crippen LogP contribution in [-0.4, -0.2) is 26.7 Å². The Labute approximate surface area is 83.7 Å². The quantitative estimate of drug-likeness (QED) is 0.751. The first-order chi connectivity index (χ1) is 7.04. The smallest absolute Gasteiger partial charge is 0.317 e. The number of rotatable bonds is 2. The first kappa shape index (κ1) is 9.91. The van der Waals surface area contributed by atoms with E-state index in [4.69, 9.17) is 0 Å². The highest BCUT2D eigenvalue weighted by Gasteiger charge is 2.37. The highest BCUT2D eigenvalue weighted by molar-refractivity contribution is 5.35. The summed E-state index contributed by atoms with van der Waals surface area (Å²) >= 11 is 0. The molecule has 0 aromatic carbocycles. The fourth-order valence-electron chi connectivity index (χ4n) is 1.19. The van der Waals surface area contributed by atoms with Crippen LogP contribution in [0, 0.1) is 6.92 Å². The molecule has 2 aromatic heterocycles. The van der Waals surface area contributed by atoms with Gasteiger partial charge < -0.3 is 4.74 Å². The Morgan fingerprint density at radius 1 is 1.40 bits per heavy atom. The van der Waals surface area contributed by atoms with E-state index in [0.29, 0.717) is 5.69 Å². The normalized spacial score (nSPS) is 12.3. The number of fused-ring (bicyclic) bond motifs is 1. The molecule has 0 spiro atoms. The van der Waals surface area contributed by atoms with Crippen LogP contribution in [0.3, 0.4) is 0 Å². The lowest BCUT2D eigenvalue weighted by molar-refractivity contribution is -0.237. The summed E-state index contributed by atoms with van der Waals surface area (Å²) in [7, 11) is 0.912. The lowest BCUT2D eigenvalue weighted by Crippen LogP contribution is -2.19. The van der Waals surface area contributed by atoms with Gasteiger partial charge in [0.15, 0.2) is 5.65 Å². The molecule has 0 fully saturated rings. The molecule has 80 valence electrons. The summed E-state index contributed by atoms with van der Waals surface area (Å²) in [5.74, 6) is -0.550. The van der Waals surface area contributed by atoms with Crippen LogP contribution >= 0.6 is 0 Å². The van der Waals surface area contributed by atoms with Gasteiger partial charge in [0.25, 0.3) is 0 Å². The number of aromatic nitrogens is 4. The first-order valence-corrected chi connectivity index (χ1v) is 4.15. The molecule has 0 atom stereocenters. The Kier molecular flexibility index (Phi) is 2.11. The van der Waals surface area contributed by atoms with Crippen molar-refractivity contribution in [3.63, 3.8) is 0 Å². The minimum absolute atomic E-state index is 0.257. The van der Waals surface area contributed by atoms with Crippen molar-refractivity contribution in [1.82, 2.24) is 19.6 Å². The second kappa shape index (κ2) is 3.20. The molecule has 0 aliphatic carbocycles. The van der Waals surface area contributed by atoms with Crippen molar-refractivity contribution in [1.29, 1.82) is 0 Å². The third-order valence-corrected chi connectivity index (χ3v) is 1.94. The average Bonchev–Trinajstić information content (AvgIpc) is 2.61. The SMILES string of the molecule is COC(F)(F)c1nnc2cnc(C)cn12. The molecule has 0 aliphatic heterocycles. The minimum atomic E-state index is -3.45. The van der Waals surface area contributed by atoms with Crippen molar-refractivity contribution in [2.45, 2.75) is 13.0 Å². The summed E-state index contributed by atoms with van der Waals surface area (Å²) in [6.45, 7) is 1.69. The number of hydrogen-bond donors (Lipinski definition) is 0. The molecule has 2 aromatic rings. The predicted molar refractivity (Wildman–Crippen MR) is 46.4 cm³/mol. The van der Waals surface area contributed by atoms with E-state index in [1.165, 1.54) is 12.4 Å². The van der Waals surface area contributed by atoms with Crippen LogP contribution in [0.2, 0.25) is 0 Å². The van der Waals surface area contributed by atoms with E-state index in [-0.39, 0.29) is 5.65 Å². The number of halogens is 2. The van der Waals surface area contributed by atoms with Gasteiger partial charge in [-0.2, -0.15) is 8.78 Å². The number of nitrogens with zero attached hydrogens (tertiary/aromatic N) is 4. The summed E-state index contributed by atoms with van der Waals surface area (Å²) in [5.41, 5.74) is 0.850. The third-order valence-electron chi connectivity index (χ3n) is 1.94. The van der Waals surface area contributed by atoms with Crippen LogP contribution in [0.5, 0.6) is 0 Å². The van der Waals surface area contributed by atoms with E-state index in [2.05, 4.69) is 19.9 Å². The summed E-state index contributed by atoms with van der Waals surface area (Å²) in [4.78, 5) is 3.92.